The Morgan fingerprint density at radius 2 is 1.65 bits per heavy atom. The number of aromatic nitrogens is 2. The molecule has 226 valence electrons. The lowest BCUT2D eigenvalue weighted by atomic mass is 9.98. The maximum atomic E-state index is 14.0. The van der Waals surface area contributed by atoms with Crippen LogP contribution >= 0.6 is 0 Å². The summed E-state index contributed by atoms with van der Waals surface area (Å²) in [4.78, 5) is 29.7. The summed E-state index contributed by atoms with van der Waals surface area (Å²) in [5.41, 5.74) is 1.45. The van der Waals surface area contributed by atoms with E-state index < -0.39 is 23.3 Å². The number of hydrogen-bond acceptors (Lipinski definition) is 4. The number of carbonyl (C=O) groups is 1. The lowest BCUT2D eigenvalue weighted by Gasteiger charge is -2.19. The van der Waals surface area contributed by atoms with Crippen molar-refractivity contribution in [2.75, 3.05) is 0 Å². The summed E-state index contributed by atoms with van der Waals surface area (Å²) in [6.07, 6.45) is -0.874. The Labute approximate surface area is 248 Å². The summed E-state index contributed by atoms with van der Waals surface area (Å²) < 4.78 is 49.3. The number of unbranched alkanes of at least 4 members (excludes halogenated alkanes) is 1. The van der Waals surface area contributed by atoms with Gasteiger partial charge in [-0.2, -0.15) is 13.2 Å². The van der Waals surface area contributed by atoms with Crippen LogP contribution < -0.4 is 10.3 Å². The average molecular weight is 593 g/mol. The van der Waals surface area contributed by atoms with Gasteiger partial charge >= 0.3 is 12.1 Å². The maximum absolute atomic E-state index is 14.0. The second-order valence-electron chi connectivity index (χ2n) is 10.5. The number of aryl methyl sites for hydroxylation is 3. The van der Waals surface area contributed by atoms with Crippen molar-refractivity contribution >= 4 is 5.97 Å². The number of halogens is 3. The van der Waals surface area contributed by atoms with Crippen LogP contribution in [0.4, 0.5) is 13.2 Å². The molecule has 0 saturated carbocycles. The van der Waals surface area contributed by atoms with Crippen molar-refractivity contribution in [3.05, 3.63) is 116 Å². The molecule has 6 nitrogen and oxygen atoms in total. The molecule has 0 fully saturated rings. The predicted molar refractivity (Wildman–Crippen MR) is 160 cm³/mol. The van der Waals surface area contributed by atoms with Crippen LogP contribution in [0.1, 0.15) is 77.2 Å². The summed E-state index contributed by atoms with van der Waals surface area (Å²) in [6, 6.07) is 17.2. The van der Waals surface area contributed by atoms with Crippen LogP contribution in [0.15, 0.2) is 71.5 Å². The molecule has 4 aromatic rings. The predicted octanol–water partition coefficient (Wildman–Crippen LogP) is 7.86. The third kappa shape index (κ3) is 7.52. The number of nitrogens with zero attached hydrogens (tertiary/aromatic N) is 2. The third-order valence-electron chi connectivity index (χ3n) is 7.27. The topological polar surface area (TPSA) is 81.4 Å². The fourth-order valence-corrected chi connectivity index (χ4v) is 5.09. The summed E-state index contributed by atoms with van der Waals surface area (Å²) >= 11 is 0. The monoisotopic (exact) mass is 592 g/mol. The quantitative estimate of drug-likeness (QED) is 0.181. The van der Waals surface area contributed by atoms with Crippen LogP contribution in [0.5, 0.6) is 5.75 Å². The number of carboxylic acid groups (broad SMARTS) is 1. The molecule has 0 spiro atoms. The number of rotatable bonds is 12. The normalized spacial score (nSPS) is 11.5. The van der Waals surface area contributed by atoms with E-state index in [1.165, 1.54) is 34.9 Å². The maximum Gasteiger partial charge on any atom is 0.417 e. The van der Waals surface area contributed by atoms with Gasteiger partial charge in [-0.25, -0.2) is 9.78 Å². The van der Waals surface area contributed by atoms with E-state index in [1.807, 2.05) is 32.0 Å². The van der Waals surface area contributed by atoms with Gasteiger partial charge in [-0.05, 0) is 60.7 Å². The Kier molecular flexibility index (Phi) is 10.1. The minimum atomic E-state index is -4.62. The first kappa shape index (κ1) is 31.5. The zero-order chi connectivity index (χ0) is 31.1. The molecule has 0 radical (unpaired) electrons. The van der Waals surface area contributed by atoms with E-state index in [1.54, 1.807) is 19.1 Å². The summed E-state index contributed by atoms with van der Waals surface area (Å²) in [5.74, 6) is 0.221. The third-order valence-corrected chi connectivity index (χ3v) is 7.27. The van der Waals surface area contributed by atoms with Crippen LogP contribution in [0.2, 0.25) is 0 Å². The van der Waals surface area contributed by atoms with Crippen LogP contribution in [-0.4, -0.2) is 20.6 Å². The minimum absolute atomic E-state index is 0.0455. The Bertz CT molecular complexity index is 1640. The van der Waals surface area contributed by atoms with Gasteiger partial charge in [0.05, 0.1) is 28.9 Å². The molecule has 0 bridgehead atoms. The molecule has 1 aromatic heterocycles. The van der Waals surface area contributed by atoms with Gasteiger partial charge in [-0.3, -0.25) is 9.36 Å². The highest BCUT2D eigenvalue weighted by Gasteiger charge is 2.34. The molecule has 1 N–H and O–H groups in total. The summed E-state index contributed by atoms with van der Waals surface area (Å²) in [5, 5.41) is 9.12. The Hall–Kier alpha value is -4.40. The molecule has 3 aromatic carbocycles. The van der Waals surface area contributed by atoms with Crippen LogP contribution in [0, 0.1) is 6.92 Å². The van der Waals surface area contributed by atoms with Crippen molar-refractivity contribution in [1.82, 2.24) is 9.55 Å². The van der Waals surface area contributed by atoms with E-state index >= 15 is 0 Å². The molecule has 9 heteroatoms. The summed E-state index contributed by atoms with van der Waals surface area (Å²) in [6.45, 7) is 6.06. The molecule has 0 unspecified atom stereocenters. The van der Waals surface area contributed by atoms with Gasteiger partial charge in [0.2, 0.25) is 0 Å². The van der Waals surface area contributed by atoms with Gasteiger partial charge < -0.3 is 9.84 Å². The van der Waals surface area contributed by atoms with Gasteiger partial charge in [0.15, 0.2) is 0 Å². The molecule has 0 amide bonds. The van der Waals surface area contributed by atoms with Crippen molar-refractivity contribution in [3.8, 4) is 16.9 Å². The van der Waals surface area contributed by atoms with Crippen molar-refractivity contribution in [2.45, 2.75) is 72.2 Å². The van der Waals surface area contributed by atoms with Gasteiger partial charge in [0, 0.05) is 12.0 Å². The van der Waals surface area contributed by atoms with Crippen LogP contribution in [-0.2, 0) is 32.2 Å². The Balaban J connectivity index is 1.71. The van der Waals surface area contributed by atoms with Crippen LogP contribution in [0.25, 0.3) is 11.1 Å². The Morgan fingerprint density at radius 1 is 0.953 bits per heavy atom. The molecule has 1 heterocycles. The molecular formula is C34H35F3N2O4. The van der Waals surface area contributed by atoms with Crippen molar-refractivity contribution in [3.63, 3.8) is 0 Å². The highest BCUT2D eigenvalue weighted by atomic mass is 19.4. The van der Waals surface area contributed by atoms with E-state index in [0.29, 0.717) is 18.0 Å². The molecule has 0 aliphatic heterocycles. The molecule has 0 aliphatic carbocycles. The van der Waals surface area contributed by atoms with Gasteiger partial charge in [0.1, 0.15) is 18.2 Å². The van der Waals surface area contributed by atoms with Crippen molar-refractivity contribution in [1.29, 1.82) is 0 Å². The molecule has 4 rings (SSSR count). The second kappa shape index (κ2) is 13.7. The first-order valence-corrected chi connectivity index (χ1v) is 14.4. The number of alkyl halides is 3. The molecule has 43 heavy (non-hydrogen) atoms. The van der Waals surface area contributed by atoms with Crippen LogP contribution in [0.3, 0.4) is 0 Å². The highest BCUT2D eigenvalue weighted by Crippen LogP contribution is 2.36. The first-order chi connectivity index (χ1) is 20.5. The molecular weight excluding hydrogens is 557 g/mol. The number of aromatic carboxylic acids is 1. The lowest BCUT2D eigenvalue weighted by Crippen LogP contribution is -2.29. The average Bonchev–Trinajstić information content (AvgIpc) is 2.97. The Morgan fingerprint density at radius 3 is 2.30 bits per heavy atom. The van der Waals surface area contributed by atoms with E-state index in [9.17, 15) is 22.8 Å². The minimum Gasteiger partial charge on any atom is -0.489 e. The fraction of sp³-hybridized carbons (Fsp3) is 0.324. The number of carboxylic acids is 1. The van der Waals surface area contributed by atoms with E-state index in [-0.39, 0.29) is 35.5 Å². The lowest BCUT2D eigenvalue weighted by molar-refractivity contribution is -0.137. The van der Waals surface area contributed by atoms with E-state index in [4.69, 9.17) is 9.84 Å². The summed E-state index contributed by atoms with van der Waals surface area (Å²) in [7, 11) is 0. The first-order valence-electron chi connectivity index (χ1n) is 14.4. The van der Waals surface area contributed by atoms with Gasteiger partial charge in [-0.15, -0.1) is 0 Å². The fourth-order valence-electron chi connectivity index (χ4n) is 5.09. The second-order valence-corrected chi connectivity index (χ2v) is 10.5. The van der Waals surface area contributed by atoms with Crippen molar-refractivity contribution in [2.24, 2.45) is 0 Å². The molecule has 0 saturated heterocycles. The standard InChI is InChI=1S/C34H35F3N2O4/c1-4-6-12-30-38-22(3)31(27-10-7-8-11-28(27)34(35,36)37)32(40)39(30)20-24-15-18-29(26(19-24)9-5-2)43-21-23-13-16-25(17-14-23)33(41)42/h7-8,10-11,13-19H,4-6,9,12,20-21H2,1-3H3,(H,41,42). The zero-order valence-electron chi connectivity index (χ0n) is 24.5. The number of ether oxygens (including phenoxy) is 1. The zero-order valence-corrected chi connectivity index (χ0v) is 24.5. The highest BCUT2D eigenvalue weighted by molar-refractivity contribution is 5.87. The SMILES string of the molecule is CCCCc1nc(C)c(-c2ccccc2C(F)(F)F)c(=O)n1Cc1ccc(OCc2ccc(C(=O)O)cc2)c(CCC)c1. The number of hydrogen-bond donors (Lipinski definition) is 1. The molecule has 0 atom stereocenters. The molecule has 0 aliphatic rings. The van der Waals surface area contributed by atoms with Gasteiger partial charge in [-0.1, -0.05) is 69.2 Å². The van der Waals surface area contributed by atoms with E-state index in [2.05, 4.69) is 4.98 Å². The van der Waals surface area contributed by atoms with Gasteiger partial charge in [0.25, 0.3) is 5.56 Å². The number of benzene rings is 3. The van der Waals surface area contributed by atoms with E-state index in [0.717, 1.165) is 48.4 Å². The van der Waals surface area contributed by atoms with Crippen molar-refractivity contribution < 1.29 is 27.8 Å². The smallest absolute Gasteiger partial charge is 0.417 e. The largest absolute Gasteiger partial charge is 0.489 e.